The summed E-state index contributed by atoms with van der Waals surface area (Å²) in [6.07, 6.45) is 1.24. The van der Waals surface area contributed by atoms with Crippen LogP contribution < -0.4 is 0 Å². The van der Waals surface area contributed by atoms with Crippen LogP contribution in [0.25, 0.3) is 0 Å². The third-order valence-electron chi connectivity index (χ3n) is 4.83. The summed E-state index contributed by atoms with van der Waals surface area (Å²) in [6, 6.07) is 8.95. The molecule has 0 saturated carbocycles. The van der Waals surface area contributed by atoms with Gasteiger partial charge in [0.2, 0.25) is 0 Å². The Labute approximate surface area is 151 Å². The van der Waals surface area contributed by atoms with Crippen molar-refractivity contribution < 1.29 is 21.6 Å². The predicted molar refractivity (Wildman–Crippen MR) is 93.1 cm³/mol. The third-order valence-corrected chi connectivity index (χ3v) is 7.12. The molecule has 1 heterocycles. The molecule has 0 N–H and O–H groups in total. The molecule has 0 radical (unpaired) electrons. The van der Waals surface area contributed by atoms with Crippen LogP contribution in [0.15, 0.2) is 47.4 Å². The van der Waals surface area contributed by atoms with Crippen molar-refractivity contribution in [1.82, 2.24) is 4.90 Å². The predicted octanol–water partition coefficient (Wildman–Crippen LogP) is 3.58. The van der Waals surface area contributed by atoms with Gasteiger partial charge in [0.05, 0.1) is 5.25 Å². The molecule has 140 valence electrons. The molecular weight excluding hydrogens is 363 g/mol. The van der Waals surface area contributed by atoms with Crippen molar-refractivity contribution in [2.24, 2.45) is 0 Å². The van der Waals surface area contributed by atoms with Crippen molar-refractivity contribution >= 4 is 9.84 Å². The molecule has 3 rings (SSSR count). The van der Waals surface area contributed by atoms with Gasteiger partial charge < -0.3 is 4.90 Å². The number of sulfone groups is 1. The van der Waals surface area contributed by atoms with Crippen molar-refractivity contribution in [3.8, 4) is 0 Å². The maximum absolute atomic E-state index is 13.8. The van der Waals surface area contributed by atoms with E-state index in [-0.39, 0.29) is 4.90 Å². The van der Waals surface area contributed by atoms with E-state index in [0.717, 1.165) is 12.1 Å². The van der Waals surface area contributed by atoms with Crippen LogP contribution in [0.3, 0.4) is 0 Å². The molecule has 0 aromatic heterocycles. The molecule has 1 saturated heterocycles. The quantitative estimate of drug-likeness (QED) is 0.792. The summed E-state index contributed by atoms with van der Waals surface area (Å²) < 4.78 is 65.7. The van der Waals surface area contributed by atoms with Crippen LogP contribution in [0.4, 0.5) is 13.2 Å². The molecule has 3 nitrogen and oxygen atoms in total. The lowest BCUT2D eigenvalue weighted by molar-refractivity contribution is 0.231. The first-order chi connectivity index (χ1) is 12.4. The van der Waals surface area contributed by atoms with Crippen LogP contribution in [-0.2, 0) is 16.3 Å². The van der Waals surface area contributed by atoms with Crippen molar-refractivity contribution in [3.63, 3.8) is 0 Å². The first-order valence-corrected chi connectivity index (χ1v) is 10.1. The van der Waals surface area contributed by atoms with E-state index in [9.17, 15) is 21.6 Å². The molecule has 0 atom stereocenters. The Hall–Kier alpha value is -1.86. The van der Waals surface area contributed by atoms with Crippen molar-refractivity contribution in [2.75, 3.05) is 19.6 Å². The molecule has 0 spiro atoms. The van der Waals surface area contributed by atoms with Gasteiger partial charge >= 0.3 is 0 Å². The molecular formula is C19H20F3NO2S. The summed E-state index contributed by atoms with van der Waals surface area (Å²) in [7, 11) is -3.70. The van der Waals surface area contributed by atoms with Gasteiger partial charge in [-0.3, -0.25) is 0 Å². The zero-order valence-corrected chi connectivity index (χ0v) is 15.0. The SMILES string of the molecule is O=S(=O)(c1ccccc1F)C1CCN(CCc2ccc(F)cc2F)CC1. The molecule has 2 aromatic rings. The lowest BCUT2D eigenvalue weighted by atomic mass is 10.1. The van der Waals surface area contributed by atoms with E-state index in [4.69, 9.17) is 0 Å². The largest absolute Gasteiger partial charge is 0.303 e. The van der Waals surface area contributed by atoms with Crippen LogP contribution in [0.1, 0.15) is 18.4 Å². The second-order valence-corrected chi connectivity index (χ2v) is 8.70. The second kappa shape index (κ2) is 7.80. The Morgan fingerprint density at radius 2 is 1.65 bits per heavy atom. The lowest BCUT2D eigenvalue weighted by Gasteiger charge is -2.31. The van der Waals surface area contributed by atoms with Gasteiger partial charge in [0.15, 0.2) is 9.84 Å². The fourth-order valence-corrected chi connectivity index (χ4v) is 5.10. The minimum absolute atomic E-state index is 0.244. The summed E-state index contributed by atoms with van der Waals surface area (Å²) in [5, 5.41) is -0.613. The van der Waals surface area contributed by atoms with Crippen LogP contribution in [0.2, 0.25) is 0 Å². The highest BCUT2D eigenvalue weighted by atomic mass is 32.2. The summed E-state index contributed by atoms with van der Waals surface area (Å²) in [5.74, 6) is -1.89. The Bertz CT molecular complexity index is 878. The maximum Gasteiger partial charge on any atom is 0.184 e. The average molecular weight is 383 g/mol. The molecule has 26 heavy (non-hydrogen) atoms. The summed E-state index contributed by atoms with van der Waals surface area (Å²) in [5.41, 5.74) is 0.438. The normalized spacial score (nSPS) is 16.7. The van der Waals surface area contributed by atoms with Gasteiger partial charge in [-0.1, -0.05) is 18.2 Å². The first-order valence-electron chi connectivity index (χ1n) is 8.52. The molecule has 7 heteroatoms. The Morgan fingerprint density at radius 3 is 2.31 bits per heavy atom. The van der Waals surface area contributed by atoms with Gasteiger partial charge in [-0.2, -0.15) is 0 Å². The fraction of sp³-hybridized carbons (Fsp3) is 0.368. The highest BCUT2D eigenvalue weighted by Crippen LogP contribution is 2.26. The van der Waals surface area contributed by atoms with E-state index in [1.54, 1.807) is 0 Å². The van der Waals surface area contributed by atoms with E-state index in [2.05, 4.69) is 4.90 Å². The number of nitrogens with zero attached hydrogens (tertiary/aromatic N) is 1. The minimum Gasteiger partial charge on any atom is -0.303 e. The molecule has 1 aliphatic rings. The summed E-state index contributed by atoms with van der Waals surface area (Å²) >= 11 is 0. The van der Waals surface area contributed by atoms with E-state index >= 15 is 0 Å². The van der Waals surface area contributed by atoms with Gasteiger partial charge in [0.25, 0.3) is 0 Å². The molecule has 0 bridgehead atoms. The fourth-order valence-electron chi connectivity index (χ4n) is 3.30. The van der Waals surface area contributed by atoms with Gasteiger partial charge in [-0.15, -0.1) is 0 Å². The Balaban J connectivity index is 1.58. The van der Waals surface area contributed by atoms with Crippen LogP contribution in [0.5, 0.6) is 0 Å². The Morgan fingerprint density at radius 1 is 0.962 bits per heavy atom. The molecule has 0 amide bonds. The van der Waals surface area contributed by atoms with Gasteiger partial charge in [0, 0.05) is 12.6 Å². The molecule has 2 aromatic carbocycles. The number of hydrogen-bond acceptors (Lipinski definition) is 3. The maximum atomic E-state index is 13.8. The number of likely N-dealkylation sites (tertiary alicyclic amines) is 1. The lowest BCUT2D eigenvalue weighted by Crippen LogP contribution is -2.40. The standard InChI is InChI=1S/C19H20F3NO2S/c20-15-6-5-14(18(22)13-15)7-10-23-11-8-16(9-12-23)26(24,25)19-4-2-1-3-17(19)21/h1-6,13,16H,7-12H2. The van der Waals surface area contributed by atoms with E-state index in [1.807, 2.05) is 0 Å². The first kappa shape index (κ1) is 18.9. The molecule has 0 aliphatic carbocycles. The monoisotopic (exact) mass is 383 g/mol. The third kappa shape index (κ3) is 4.10. The summed E-state index contributed by atoms with van der Waals surface area (Å²) in [6.45, 7) is 1.65. The number of piperidine rings is 1. The highest BCUT2D eigenvalue weighted by Gasteiger charge is 2.32. The second-order valence-electron chi connectivity index (χ2n) is 6.50. The smallest absolute Gasteiger partial charge is 0.184 e. The molecule has 0 unspecified atom stereocenters. The van der Waals surface area contributed by atoms with Crippen molar-refractivity contribution in [1.29, 1.82) is 0 Å². The number of hydrogen-bond donors (Lipinski definition) is 0. The number of halogens is 3. The van der Waals surface area contributed by atoms with Crippen molar-refractivity contribution in [3.05, 3.63) is 65.5 Å². The van der Waals surface area contributed by atoms with Crippen LogP contribution in [-0.4, -0.2) is 38.2 Å². The van der Waals surface area contributed by atoms with E-state index < -0.39 is 32.5 Å². The van der Waals surface area contributed by atoms with Crippen molar-refractivity contribution in [2.45, 2.75) is 29.4 Å². The average Bonchev–Trinajstić information content (AvgIpc) is 2.61. The van der Waals surface area contributed by atoms with Crippen LogP contribution >= 0.6 is 0 Å². The summed E-state index contributed by atoms with van der Waals surface area (Å²) in [4.78, 5) is 1.81. The zero-order valence-electron chi connectivity index (χ0n) is 14.2. The Kier molecular flexibility index (Phi) is 5.67. The molecule has 1 fully saturated rings. The number of benzene rings is 2. The number of rotatable bonds is 5. The molecule has 1 aliphatic heterocycles. The van der Waals surface area contributed by atoms with E-state index in [0.29, 0.717) is 44.5 Å². The highest BCUT2D eigenvalue weighted by molar-refractivity contribution is 7.92. The van der Waals surface area contributed by atoms with E-state index in [1.165, 1.54) is 30.3 Å². The zero-order chi connectivity index (χ0) is 18.7. The van der Waals surface area contributed by atoms with Crippen LogP contribution in [0, 0.1) is 17.5 Å². The van der Waals surface area contributed by atoms with Gasteiger partial charge in [0.1, 0.15) is 22.3 Å². The van der Waals surface area contributed by atoms with Gasteiger partial charge in [-0.25, -0.2) is 21.6 Å². The minimum atomic E-state index is -3.70. The van der Waals surface area contributed by atoms with Gasteiger partial charge in [-0.05, 0) is 56.1 Å². The topological polar surface area (TPSA) is 37.4 Å².